The molecule has 4 rings (SSSR count). The fourth-order valence-corrected chi connectivity index (χ4v) is 2.66. The Bertz CT molecular complexity index is 759. The van der Waals surface area contributed by atoms with Crippen molar-refractivity contribution in [1.82, 2.24) is 19.7 Å². The minimum atomic E-state index is 0. The van der Waals surface area contributed by atoms with Gasteiger partial charge in [-0.2, -0.15) is 29.5 Å². The van der Waals surface area contributed by atoms with Crippen LogP contribution in [0.5, 0.6) is 0 Å². The summed E-state index contributed by atoms with van der Waals surface area (Å²) in [6.07, 6.45) is 15.5. The van der Waals surface area contributed by atoms with Crippen LogP contribution >= 0.6 is 0 Å². The molecule has 0 unspecified atom stereocenters. The first-order valence-corrected chi connectivity index (χ1v) is 10.3. The molecule has 0 aliphatic heterocycles. The van der Waals surface area contributed by atoms with Crippen molar-refractivity contribution < 1.29 is 458 Å². The van der Waals surface area contributed by atoms with Crippen LogP contribution in [0.3, 0.4) is 0 Å². The SMILES string of the molecule is CC1CCCCC1.Cc1[c-]cn(C)n1.Cc1c[c-]c(C)nc1.Cc1c[c-]ncc1.[Y].[Y].[Y].[Y].[Y].[Y].[Y].[Y].[Y].[Y].[Y].[Y].[Y].[Y]. The van der Waals surface area contributed by atoms with Gasteiger partial charge in [-0.25, -0.2) is 17.2 Å². The topological polar surface area (TPSA) is 43.6 Å². The predicted molar refractivity (Wildman–Crippen MR) is 119 cm³/mol. The van der Waals surface area contributed by atoms with Gasteiger partial charge in [-0.05, 0) is 12.8 Å². The smallest absolute Gasteiger partial charge is 0.0262 e. The van der Waals surface area contributed by atoms with Crippen molar-refractivity contribution in [1.29, 1.82) is 0 Å². The predicted octanol–water partition coefficient (Wildman–Crippen LogP) is 5.77. The molecular weight excluding hydrogens is 1600 g/mol. The minimum absolute atomic E-state index is 0. The molecule has 1 aliphatic carbocycles. The van der Waals surface area contributed by atoms with Crippen molar-refractivity contribution in [3.8, 4) is 0 Å². The van der Waals surface area contributed by atoms with Crippen molar-refractivity contribution in [3.63, 3.8) is 0 Å². The van der Waals surface area contributed by atoms with Crippen LogP contribution < -0.4 is 0 Å². The third-order valence-electron chi connectivity index (χ3n) is 4.41. The van der Waals surface area contributed by atoms with Gasteiger partial charge in [-0.15, -0.1) is 12.6 Å². The third-order valence-corrected chi connectivity index (χ3v) is 4.41. The van der Waals surface area contributed by atoms with Crippen molar-refractivity contribution in [2.75, 3.05) is 0 Å². The van der Waals surface area contributed by atoms with E-state index in [0.29, 0.717) is 0 Å². The quantitative estimate of drug-likeness (QED) is 0.269. The average molecular weight is 1640 g/mol. The largest absolute Gasteiger partial charge is 0.429 e. The Morgan fingerprint density at radius 2 is 1.14 bits per heavy atom. The number of pyridine rings is 2. The molecule has 3 aromatic rings. The van der Waals surface area contributed by atoms with E-state index in [0.717, 1.165) is 22.9 Å². The van der Waals surface area contributed by atoms with Crippen LogP contribution in [-0.4, -0.2) is 19.7 Å². The Balaban J connectivity index is -0.0000000196. The van der Waals surface area contributed by atoms with E-state index in [1.807, 2.05) is 59.1 Å². The van der Waals surface area contributed by atoms with Gasteiger partial charge >= 0.3 is 0 Å². The molecule has 1 aliphatic rings. The Hall–Kier alpha value is 13.0. The zero-order valence-corrected chi connectivity index (χ0v) is 66.7. The maximum absolute atomic E-state index is 4.02. The molecule has 3 heterocycles. The molecular formula is C25H35N4Y14-3. The zero-order valence-electron chi connectivity index (χ0n) is 26.9. The Labute approximate surface area is 616 Å². The molecule has 43 heavy (non-hydrogen) atoms. The molecule has 0 atom stereocenters. The van der Waals surface area contributed by atoms with E-state index in [9.17, 15) is 0 Å². The van der Waals surface area contributed by atoms with E-state index < -0.39 is 0 Å². The minimum Gasteiger partial charge on any atom is -0.429 e. The average Bonchev–Trinajstić information content (AvgIpc) is 3.10. The van der Waals surface area contributed by atoms with Crippen molar-refractivity contribution in [3.05, 3.63) is 77.6 Å². The maximum Gasteiger partial charge on any atom is 0.0262 e. The van der Waals surface area contributed by atoms with E-state index in [4.69, 9.17) is 0 Å². The summed E-state index contributed by atoms with van der Waals surface area (Å²) >= 11 is 0. The summed E-state index contributed by atoms with van der Waals surface area (Å²) in [4.78, 5) is 7.74. The van der Waals surface area contributed by atoms with Crippen LogP contribution in [0.25, 0.3) is 0 Å². The van der Waals surface area contributed by atoms with E-state index >= 15 is 0 Å². The first-order chi connectivity index (χ1) is 13.9. The van der Waals surface area contributed by atoms with E-state index in [-0.39, 0.29) is 458 Å². The summed E-state index contributed by atoms with van der Waals surface area (Å²) < 4.78 is 1.73. The summed E-state index contributed by atoms with van der Waals surface area (Å²) in [5, 5.41) is 3.97. The number of aryl methyl sites for hydroxylation is 5. The van der Waals surface area contributed by atoms with Crippen molar-refractivity contribution >= 4 is 0 Å². The van der Waals surface area contributed by atoms with E-state index in [2.05, 4.69) is 40.3 Å². The Morgan fingerprint density at radius 1 is 0.651 bits per heavy atom. The van der Waals surface area contributed by atoms with Gasteiger partial charge in [0.1, 0.15) is 0 Å². The summed E-state index contributed by atoms with van der Waals surface area (Å²) in [5.41, 5.74) is 4.27. The fourth-order valence-electron chi connectivity index (χ4n) is 2.66. The number of nitrogens with zero attached hydrogens (tertiary/aromatic N) is 4. The van der Waals surface area contributed by atoms with Gasteiger partial charge in [0.2, 0.25) is 0 Å². The number of rotatable bonds is 0. The van der Waals surface area contributed by atoms with Gasteiger partial charge in [0.15, 0.2) is 0 Å². The van der Waals surface area contributed by atoms with Gasteiger partial charge in [-0.3, -0.25) is 0 Å². The first kappa shape index (κ1) is 96.0. The van der Waals surface area contributed by atoms with Crippen LogP contribution in [-0.2, 0) is 465 Å². The molecule has 3 aromatic heterocycles. The maximum atomic E-state index is 4.02. The molecule has 0 N–H and O–H groups in total. The number of hydrogen-bond acceptors (Lipinski definition) is 3. The van der Waals surface area contributed by atoms with Gasteiger partial charge in [0.05, 0.1) is 0 Å². The van der Waals surface area contributed by atoms with Crippen LogP contribution in [0.2, 0.25) is 0 Å². The van der Waals surface area contributed by atoms with Crippen molar-refractivity contribution in [2.24, 2.45) is 13.0 Å². The molecule has 0 aromatic carbocycles. The second kappa shape index (κ2) is 69.6. The summed E-state index contributed by atoms with van der Waals surface area (Å²) in [6.45, 7) is 10.2. The molecule has 18 heteroatoms. The Morgan fingerprint density at radius 3 is 1.33 bits per heavy atom. The standard InChI is InChI=1S/C7H8N.C7H14.C6H6N.C5H7N2.14Y/c1-6-3-4-7(2)8-5-6;1-7-5-3-2-4-6-7;1-6-2-4-7-5-3-6;1-5-3-4-7(2)6-5;;;;;;;;;;;;;;/h3,5H,1-2H3;7H,2-6H2,1H3;2-4H,1H3;4H,1-2H3;;;;;;;;;;;;;;/q-1;;2*-1;;;;;;;;;;;;;;. The summed E-state index contributed by atoms with van der Waals surface area (Å²) in [6, 6.07) is 11.6. The van der Waals surface area contributed by atoms with Crippen LogP contribution in [0.1, 0.15) is 61.5 Å². The molecule has 0 saturated heterocycles. The van der Waals surface area contributed by atoms with E-state index in [1.54, 1.807) is 17.1 Å². The molecule has 0 amide bonds. The summed E-state index contributed by atoms with van der Waals surface area (Å²) in [5.74, 6) is 1.04. The molecule has 4 nitrogen and oxygen atoms in total. The molecule has 14 radical (unpaired) electrons. The monoisotopic (exact) mass is 1640 g/mol. The zero-order chi connectivity index (χ0) is 21.5. The molecule has 0 spiro atoms. The number of aromatic nitrogens is 4. The summed E-state index contributed by atoms with van der Waals surface area (Å²) in [7, 11) is 1.88. The number of hydrogen-bond donors (Lipinski definition) is 0. The van der Waals surface area contributed by atoms with Crippen molar-refractivity contribution in [2.45, 2.75) is 66.7 Å². The molecule has 1 fully saturated rings. The second-order valence-electron chi connectivity index (χ2n) is 7.61. The van der Waals surface area contributed by atoms with Crippen LogP contribution in [0.15, 0.2) is 36.8 Å². The van der Waals surface area contributed by atoms with Crippen LogP contribution in [0, 0.1) is 51.9 Å². The first-order valence-electron chi connectivity index (χ1n) is 10.3. The van der Waals surface area contributed by atoms with Gasteiger partial charge in [0, 0.05) is 465 Å². The third kappa shape index (κ3) is 67.0. The Kier molecular flexibility index (Phi) is 155. The molecule has 1 saturated carbocycles. The van der Waals surface area contributed by atoms with Gasteiger partial charge in [-0.1, -0.05) is 77.2 Å². The fraction of sp³-hybridized carbons (Fsp3) is 0.480. The molecule has 200 valence electrons. The van der Waals surface area contributed by atoms with Crippen LogP contribution in [0.4, 0.5) is 0 Å². The van der Waals surface area contributed by atoms with Gasteiger partial charge < -0.3 is 20.7 Å². The second-order valence-corrected chi connectivity index (χ2v) is 7.61. The van der Waals surface area contributed by atoms with E-state index in [1.165, 1.54) is 37.7 Å². The molecule has 0 bridgehead atoms. The van der Waals surface area contributed by atoms with Gasteiger partial charge in [0.25, 0.3) is 0 Å². The normalized spacial score (nSPS) is 8.79.